The molecule has 2 saturated heterocycles. The van der Waals surface area contributed by atoms with Gasteiger partial charge in [0.2, 0.25) is 10.0 Å². The van der Waals surface area contributed by atoms with E-state index in [9.17, 15) is 13.2 Å². The molecule has 0 aromatic heterocycles. The van der Waals surface area contributed by atoms with Crippen LogP contribution >= 0.6 is 11.6 Å². The Morgan fingerprint density at radius 3 is 2.19 bits per heavy atom. The first-order chi connectivity index (χ1) is 12.4. The van der Waals surface area contributed by atoms with E-state index in [1.54, 1.807) is 6.07 Å². The van der Waals surface area contributed by atoms with E-state index >= 15 is 0 Å². The second-order valence-electron chi connectivity index (χ2n) is 7.06. The van der Waals surface area contributed by atoms with Crippen LogP contribution in [0.3, 0.4) is 0 Å². The molecule has 2 aliphatic heterocycles. The smallest absolute Gasteiger partial charge is 0.253 e. The number of sulfonamides is 1. The molecule has 0 unspecified atom stereocenters. The Balaban J connectivity index is 1.86. The van der Waals surface area contributed by atoms with E-state index in [2.05, 4.69) is 4.90 Å². The Morgan fingerprint density at radius 2 is 1.58 bits per heavy atom. The van der Waals surface area contributed by atoms with Crippen molar-refractivity contribution < 1.29 is 13.2 Å². The van der Waals surface area contributed by atoms with E-state index in [1.165, 1.54) is 16.4 Å². The summed E-state index contributed by atoms with van der Waals surface area (Å²) < 4.78 is 27.5. The maximum Gasteiger partial charge on any atom is 0.253 e. The first-order valence-corrected chi connectivity index (χ1v) is 11.0. The highest BCUT2D eigenvalue weighted by atomic mass is 35.5. The molecule has 0 N–H and O–H groups in total. The van der Waals surface area contributed by atoms with Crippen LogP contribution in [0.2, 0.25) is 5.02 Å². The summed E-state index contributed by atoms with van der Waals surface area (Å²) in [4.78, 5) is 16.8. The largest absolute Gasteiger partial charge is 0.339 e. The van der Waals surface area contributed by atoms with Crippen LogP contribution in [0.4, 0.5) is 0 Å². The normalized spacial score (nSPS) is 20.8. The molecule has 0 atom stereocenters. The number of piperazine rings is 1. The van der Waals surface area contributed by atoms with Crippen LogP contribution in [-0.4, -0.2) is 74.7 Å². The number of likely N-dealkylation sites (N-methyl/N-ethyl adjacent to an activating group) is 1. The first-order valence-electron chi connectivity index (χ1n) is 9.17. The number of carbonyl (C=O) groups excluding carboxylic acids is 1. The molecular formula is C18H26ClN3O3S. The third kappa shape index (κ3) is 4.22. The molecule has 8 heteroatoms. The van der Waals surface area contributed by atoms with Gasteiger partial charge in [-0.05, 0) is 38.1 Å². The number of halogens is 1. The van der Waals surface area contributed by atoms with Gasteiger partial charge in [0.15, 0.2) is 0 Å². The number of amides is 1. The van der Waals surface area contributed by atoms with Crippen LogP contribution in [-0.2, 0) is 10.0 Å². The van der Waals surface area contributed by atoms with Gasteiger partial charge in [0.1, 0.15) is 4.90 Å². The van der Waals surface area contributed by atoms with Crippen LogP contribution in [0.1, 0.15) is 36.0 Å². The average Bonchev–Trinajstić information content (AvgIpc) is 2.91. The lowest BCUT2D eigenvalue weighted by atomic mass is 10.2. The molecule has 0 spiro atoms. The van der Waals surface area contributed by atoms with Gasteiger partial charge in [-0.1, -0.05) is 24.4 Å². The van der Waals surface area contributed by atoms with Gasteiger partial charge in [0.25, 0.3) is 5.91 Å². The minimum absolute atomic E-state index is 0.0318. The zero-order valence-electron chi connectivity index (χ0n) is 15.2. The predicted molar refractivity (Wildman–Crippen MR) is 102 cm³/mol. The topological polar surface area (TPSA) is 60.9 Å². The first kappa shape index (κ1) is 19.6. The van der Waals surface area contributed by atoms with Gasteiger partial charge in [-0.25, -0.2) is 8.42 Å². The number of likely N-dealkylation sites (tertiary alicyclic amines) is 1. The van der Waals surface area contributed by atoms with Gasteiger partial charge in [-0.3, -0.25) is 4.79 Å². The molecule has 144 valence electrons. The Hall–Kier alpha value is -1.15. The van der Waals surface area contributed by atoms with Gasteiger partial charge >= 0.3 is 0 Å². The monoisotopic (exact) mass is 399 g/mol. The van der Waals surface area contributed by atoms with E-state index in [4.69, 9.17) is 11.6 Å². The molecule has 2 aliphatic rings. The highest BCUT2D eigenvalue weighted by Gasteiger charge is 2.30. The standard InChI is InChI=1S/C18H26ClN3O3S/c1-20-10-12-22(13-11-20)26(24,25)17-14-15(6-7-16(17)19)18(23)21-8-4-2-3-5-9-21/h6-7,14H,2-5,8-13H2,1H3. The summed E-state index contributed by atoms with van der Waals surface area (Å²) in [6.07, 6.45) is 4.25. The van der Waals surface area contributed by atoms with Gasteiger partial charge < -0.3 is 9.80 Å². The molecule has 0 saturated carbocycles. The SMILES string of the molecule is CN1CCN(S(=O)(=O)c2cc(C(=O)N3CCCCCC3)ccc2Cl)CC1. The van der Waals surface area contributed by atoms with Crippen molar-refractivity contribution >= 4 is 27.5 Å². The van der Waals surface area contributed by atoms with Crippen molar-refractivity contribution in [1.29, 1.82) is 0 Å². The molecule has 0 aliphatic carbocycles. The summed E-state index contributed by atoms with van der Waals surface area (Å²) in [6, 6.07) is 4.59. The van der Waals surface area contributed by atoms with Crippen molar-refractivity contribution in [1.82, 2.24) is 14.1 Å². The maximum absolute atomic E-state index is 13.0. The highest BCUT2D eigenvalue weighted by Crippen LogP contribution is 2.27. The minimum Gasteiger partial charge on any atom is -0.339 e. The zero-order chi connectivity index (χ0) is 18.7. The molecule has 6 nitrogen and oxygen atoms in total. The average molecular weight is 400 g/mol. The molecule has 1 amide bonds. The van der Waals surface area contributed by atoms with E-state index < -0.39 is 10.0 Å². The van der Waals surface area contributed by atoms with E-state index in [0.717, 1.165) is 38.8 Å². The molecular weight excluding hydrogens is 374 g/mol. The number of carbonyl (C=O) groups is 1. The summed E-state index contributed by atoms with van der Waals surface area (Å²) in [6.45, 7) is 3.68. The zero-order valence-corrected chi connectivity index (χ0v) is 16.7. The summed E-state index contributed by atoms with van der Waals surface area (Å²) in [5.74, 6) is -0.113. The molecule has 2 fully saturated rings. The molecule has 26 heavy (non-hydrogen) atoms. The van der Waals surface area contributed by atoms with Crippen LogP contribution in [0, 0.1) is 0 Å². The summed E-state index contributed by atoms with van der Waals surface area (Å²) >= 11 is 6.20. The van der Waals surface area contributed by atoms with Gasteiger partial charge in [-0.2, -0.15) is 4.31 Å². The summed E-state index contributed by atoms with van der Waals surface area (Å²) in [7, 11) is -1.74. The second kappa shape index (κ2) is 8.25. The van der Waals surface area contributed by atoms with Crippen molar-refractivity contribution in [3.05, 3.63) is 28.8 Å². The summed E-state index contributed by atoms with van der Waals surface area (Å²) in [5, 5.41) is 0.163. The maximum atomic E-state index is 13.0. The molecule has 2 heterocycles. The van der Waals surface area contributed by atoms with E-state index in [0.29, 0.717) is 31.7 Å². The van der Waals surface area contributed by atoms with Crippen molar-refractivity contribution in [3.8, 4) is 0 Å². The Morgan fingerprint density at radius 1 is 0.962 bits per heavy atom. The second-order valence-corrected chi connectivity index (χ2v) is 9.37. The Kier molecular flexibility index (Phi) is 6.22. The third-order valence-electron chi connectivity index (χ3n) is 5.15. The number of hydrogen-bond donors (Lipinski definition) is 0. The highest BCUT2D eigenvalue weighted by molar-refractivity contribution is 7.89. The van der Waals surface area contributed by atoms with Crippen LogP contribution in [0.5, 0.6) is 0 Å². The number of rotatable bonds is 3. The lowest BCUT2D eigenvalue weighted by molar-refractivity contribution is 0.0761. The fourth-order valence-corrected chi connectivity index (χ4v) is 5.38. The fraction of sp³-hybridized carbons (Fsp3) is 0.611. The minimum atomic E-state index is -3.71. The quantitative estimate of drug-likeness (QED) is 0.782. The van der Waals surface area contributed by atoms with Crippen molar-refractivity contribution in [2.75, 3.05) is 46.3 Å². The lowest BCUT2D eigenvalue weighted by Gasteiger charge is -2.31. The van der Waals surface area contributed by atoms with E-state index in [1.807, 2.05) is 11.9 Å². The Bertz CT molecular complexity index is 753. The Labute approximate surface area is 160 Å². The number of hydrogen-bond acceptors (Lipinski definition) is 4. The van der Waals surface area contributed by atoms with Crippen molar-refractivity contribution in [2.24, 2.45) is 0 Å². The van der Waals surface area contributed by atoms with Crippen LogP contribution in [0.25, 0.3) is 0 Å². The number of benzene rings is 1. The van der Waals surface area contributed by atoms with Gasteiger partial charge in [0.05, 0.1) is 5.02 Å². The lowest BCUT2D eigenvalue weighted by Crippen LogP contribution is -2.47. The van der Waals surface area contributed by atoms with Crippen molar-refractivity contribution in [3.63, 3.8) is 0 Å². The van der Waals surface area contributed by atoms with Crippen LogP contribution in [0.15, 0.2) is 23.1 Å². The van der Waals surface area contributed by atoms with Gasteiger partial charge in [-0.15, -0.1) is 0 Å². The summed E-state index contributed by atoms with van der Waals surface area (Å²) in [5.41, 5.74) is 0.393. The predicted octanol–water partition coefficient (Wildman–Crippen LogP) is 2.29. The van der Waals surface area contributed by atoms with Gasteiger partial charge in [0, 0.05) is 44.8 Å². The fourth-order valence-electron chi connectivity index (χ4n) is 3.46. The molecule has 3 rings (SSSR count). The molecule has 0 radical (unpaired) electrons. The molecule has 1 aromatic carbocycles. The number of nitrogens with zero attached hydrogens (tertiary/aromatic N) is 3. The van der Waals surface area contributed by atoms with Crippen molar-refractivity contribution in [2.45, 2.75) is 30.6 Å². The third-order valence-corrected chi connectivity index (χ3v) is 7.53. The molecule has 0 bridgehead atoms. The van der Waals surface area contributed by atoms with Crippen LogP contribution < -0.4 is 0 Å². The van der Waals surface area contributed by atoms with E-state index in [-0.39, 0.29) is 15.8 Å². The molecule has 1 aromatic rings.